The van der Waals surface area contributed by atoms with Gasteiger partial charge in [-0.15, -0.1) is 0 Å². The number of hydrogen-bond donors (Lipinski definition) is 0. The van der Waals surface area contributed by atoms with Gasteiger partial charge < -0.3 is 4.74 Å². The molecule has 3 amide bonds. The van der Waals surface area contributed by atoms with Gasteiger partial charge in [0.05, 0.1) is 19.2 Å². The molecule has 0 spiro atoms. The molecule has 1 aromatic rings. The van der Waals surface area contributed by atoms with Crippen molar-refractivity contribution in [2.45, 2.75) is 19.1 Å². The first kappa shape index (κ1) is 17.1. The number of ether oxygens (including phenoxy) is 1. The lowest BCUT2D eigenvalue weighted by atomic mass is 10.0. The Kier molecular flexibility index (Phi) is 4.55. The van der Waals surface area contributed by atoms with E-state index in [1.54, 1.807) is 7.05 Å². The van der Waals surface area contributed by atoms with Gasteiger partial charge in [-0.2, -0.15) is 10.2 Å². The average Bonchev–Trinajstić information content (AvgIpc) is 2.63. The molecule has 2 aliphatic rings. The number of nitrogens with zero attached hydrogens (tertiary/aromatic N) is 4. The smallest absolute Gasteiger partial charge is 0.362 e. The molecular weight excluding hydrogens is 320 g/mol. The molecule has 0 radical (unpaired) electrons. The normalized spacial score (nSPS) is 30.4. The van der Waals surface area contributed by atoms with Gasteiger partial charge in [0.15, 0.2) is 0 Å². The second-order valence-electron chi connectivity index (χ2n) is 6.41. The maximum Gasteiger partial charge on any atom is 0.417 e. The van der Waals surface area contributed by atoms with Crippen molar-refractivity contribution in [2.75, 3.05) is 27.2 Å². The van der Waals surface area contributed by atoms with Crippen molar-refractivity contribution < 1.29 is 18.9 Å². The molecule has 7 nitrogen and oxygen atoms in total. The molecule has 2 aliphatic heterocycles. The van der Waals surface area contributed by atoms with E-state index >= 15 is 0 Å². The maximum atomic E-state index is 12.4. The molecule has 2 fully saturated rings. The Balaban J connectivity index is 2.02. The third-order valence-corrected chi connectivity index (χ3v) is 4.64. The fourth-order valence-electron chi connectivity index (χ4n) is 3.41. The van der Waals surface area contributed by atoms with Crippen molar-refractivity contribution in [3.05, 3.63) is 35.9 Å². The minimum Gasteiger partial charge on any atom is -0.362 e. The van der Waals surface area contributed by atoms with Crippen molar-refractivity contribution in [2.24, 2.45) is 5.92 Å². The summed E-state index contributed by atoms with van der Waals surface area (Å²) < 4.78 is 7.97. The molecule has 2 heterocycles. The summed E-state index contributed by atoms with van der Waals surface area (Å²) in [6.07, 6.45) is -0.279. The summed E-state index contributed by atoms with van der Waals surface area (Å²) in [5.74, 6) is -1.04. The molecule has 130 valence electrons. The van der Waals surface area contributed by atoms with E-state index in [4.69, 9.17) is 4.74 Å². The molecule has 3 atom stereocenters. The summed E-state index contributed by atoms with van der Waals surface area (Å²) in [5, 5.41) is 9.52. The predicted molar refractivity (Wildman–Crippen MR) is 89.8 cm³/mol. The highest BCUT2D eigenvalue weighted by Gasteiger charge is 2.49. The number of urea groups is 1. The van der Waals surface area contributed by atoms with Gasteiger partial charge in [-0.05, 0) is 12.5 Å². The van der Waals surface area contributed by atoms with Crippen molar-refractivity contribution in [3.63, 3.8) is 0 Å². The highest BCUT2D eigenvalue weighted by atomic mass is 16.5. The molecular formula is C18H21N4O3+. The lowest BCUT2D eigenvalue weighted by Gasteiger charge is -2.34. The summed E-state index contributed by atoms with van der Waals surface area (Å²) in [6, 6.07) is 11.4. The highest BCUT2D eigenvalue weighted by molar-refractivity contribution is 6.17. The number of amides is 3. The predicted octanol–water partition coefficient (Wildman–Crippen LogP) is 1.22. The summed E-state index contributed by atoms with van der Waals surface area (Å²) in [6.45, 7) is 2.95. The highest BCUT2D eigenvalue weighted by Crippen LogP contribution is 2.25. The van der Waals surface area contributed by atoms with Crippen molar-refractivity contribution in [3.8, 4) is 6.07 Å². The van der Waals surface area contributed by atoms with Gasteiger partial charge in [0, 0.05) is 7.05 Å². The fourth-order valence-corrected chi connectivity index (χ4v) is 3.41. The number of imide groups is 1. The minimum absolute atomic E-state index is 0.0935. The van der Waals surface area contributed by atoms with E-state index in [0.717, 1.165) is 10.5 Å². The van der Waals surface area contributed by atoms with Crippen LogP contribution in [0.4, 0.5) is 4.79 Å². The molecule has 0 saturated carbocycles. The molecule has 0 N–H and O–H groups in total. The molecule has 0 bridgehead atoms. The molecule has 25 heavy (non-hydrogen) atoms. The summed E-state index contributed by atoms with van der Waals surface area (Å²) >= 11 is 0. The number of amidine groups is 1. The number of hydrogen-bond acceptors (Lipinski definition) is 4. The van der Waals surface area contributed by atoms with Crippen LogP contribution in [0.3, 0.4) is 0 Å². The van der Waals surface area contributed by atoms with Crippen molar-refractivity contribution in [1.82, 2.24) is 9.80 Å². The van der Waals surface area contributed by atoms with Crippen LogP contribution in [-0.4, -0.2) is 65.4 Å². The van der Waals surface area contributed by atoms with Crippen molar-refractivity contribution >= 4 is 17.8 Å². The van der Waals surface area contributed by atoms with Crippen LogP contribution in [0.1, 0.15) is 18.6 Å². The zero-order valence-corrected chi connectivity index (χ0v) is 14.5. The number of benzene rings is 1. The summed E-state index contributed by atoms with van der Waals surface area (Å²) in [4.78, 5) is 27.1. The Morgan fingerprint density at radius 1 is 1.16 bits per heavy atom. The number of nitriles is 1. The van der Waals surface area contributed by atoms with E-state index in [-0.39, 0.29) is 12.2 Å². The molecule has 1 aromatic carbocycles. The van der Waals surface area contributed by atoms with Crippen LogP contribution in [0, 0.1) is 17.2 Å². The average molecular weight is 341 g/mol. The summed E-state index contributed by atoms with van der Waals surface area (Å²) in [5.41, 5.74) is 1.03. The number of morpholine rings is 1. The molecule has 3 rings (SSSR count). The van der Waals surface area contributed by atoms with Gasteiger partial charge in [0.25, 0.3) is 11.7 Å². The molecule has 7 heteroatoms. The van der Waals surface area contributed by atoms with Gasteiger partial charge in [-0.25, -0.2) is 9.69 Å². The van der Waals surface area contributed by atoms with Crippen LogP contribution in [0.2, 0.25) is 0 Å². The second kappa shape index (κ2) is 6.65. The Morgan fingerprint density at radius 2 is 1.84 bits per heavy atom. The fraction of sp³-hybridized carbons (Fsp3) is 0.444. The Morgan fingerprint density at radius 3 is 2.48 bits per heavy atom. The van der Waals surface area contributed by atoms with Gasteiger partial charge in [-0.1, -0.05) is 30.3 Å². The third kappa shape index (κ3) is 3.01. The van der Waals surface area contributed by atoms with Gasteiger partial charge in [0.2, 0.25) is 5.92 Å². The van der Waals surface area contributed by atoms with Crippen LogP contribution >= 0.6 is 0 Å². The number of rotatable bonds is 1. The van der Waals surface area contributed by atoms with E-state index in [0.29, 0.717) is 18.9 Å². The van der Waals surface area contributed by atoms with Gasteiger partial charge in [-0.3, -0.25) is 9.37 Å². The SMILES string of the molecule is CC1C[N+](=C2C(C#N)C(=O)N(C)C(=O)N2C)CC(c2ccccc2)O1. The lowest BCUT2D eigenvalue weighted by molar-refractivity contribution is -0.574. The van der Waals surface area contributed by atoms with Gasteiger partial charge >= 0.3 is 6.03 Å². The third-order valence-electron chi connectivity index (χ3n) is 4.64. The van der Waals surface area contributed by atoms with E-state index in [1.165, 1.54) is 11.9 Å². The van der Waals surface area contributed by atoms with Crippen LogP contribution < -0.4 is 0 Å². The number of carbonyl (C=O) groups is 2. The Labute approximate surface area is 146 Å². The van der Waals surface area contributed by atoms with Crippen LogP contribution in [0.25, 0.3) is 0 Å². The largest absolute Gasteiger partial charge is 0.417 e. The van der Waals surface area contributed by atoms with Crippen LogP contribution in [-0.2, 0) is 9.53 Å². The minimum atomic E-state index is -0.991. The quantitative estimate of drug-likeness (QED) is 0.720. The van der Waals surface area contributed by atoms with E-state index in [1.807, 2.05) is 47.9 Å². The van der Waals surface area contributed by atoms with E-state index in [2.05, 4.69) is 0 Å². The molecule has 2 saturated heterocycles. The maximum absolute atomic E-state index is 12.4. The summed E-state index contributed by atoms with van der Waals surface area (Å²) in [7, 11) is 3.00. The Hall–Kier alpha value is -2.72. The molecule has 3 unspecified atom stereocenters. The van der Waals surface area contributed by atoms with E-state index in [9.17, 15) is 14.9 Å². The zero-order valence-electron chi connectivity index (χ0n) is 14.5. The standard InChI is InChI=1S/C18H21N4O3/c1-12-10-22(11-15(25-12)13-7-5-4-6-8-13)16-14(9-19)17(23)21(3)18(24)20(16)2/h4-8,12,14-15H,10-11H2,1-3H3/q+1. The monoisotopic (exact) mass is 341 g/mol. The van der Waals surface area contributed by atoms with E-state index < -0.39 is 17.9 Å². The molecule has 0 aliphatic carbocycles. The topological polar surface area (TPSA) is 76.7 Å². The first-order valence-electron chi connectivity index (χ1n) is 8.21. The van der Waals surface area contributed by atoms with Crippen LogP contribution in [0.5, 0.6) is 0 Å². The van der Waals surface area contributed by atoms with Crippen molar-refractivity contribution in [1.29, 1.82) is 5.26 Å². The van der Waals surface area contributed by atoms with Gasteiger partial charge in [0.1, 0.15) is 19.2 Å². The lowest BCUT2D eigenvalue weighted by Crippen LogP contribution is -2.60. The Bertz CT molecular complexity index is 768. The first-order valence-corrected chi connectivity index (χ1v) is 8.21. The number of carbonyl (C=O) groups excluding carboxylic acids is 2. The first-order chi connectivity index (χ1) is 11.9. The second-order valence-corrected chi connectivity index (χ2v) is 6.41. The zero-order chi connectivity index (χ0) is 18.1. The van der Waals surface area contributed by atoms with Crippen LogP contribution in [0.15, 0.2) is 30.3 Å². The molecule has 0 aromatic heterocycles.